The Morgan fingerprint density at radius 1 is 1.15 bits per heavy atom. The normalized spacial score (nSPS) is 19.2. The number of piperidine rings is 1. The van der Waals surface area contributed by atoms with Gasteiger partial charge in [0, 0.05) is 30.9 Å². The Labute approximate surface area is 203 Å². The number of fused-ring (bicyclic) bond motifs is 1. The number of anilines is 1. The lowest BCUT2D eigenvalue weighted by Crippen LogP contribution is -2.45. The molecule has 1 aliphatic carbocycles. The third-order valence-corrected chi connectivity index (χ3v) is 8.04. The fourth-order valence-electron chi connectivity index (χ4n) is 5.39. The van der Waals surface area contributed by atoms with Crippen molar-refractivity contribution in [2.45, 2.75) is 45.8 Å². The Balaban J connectivity index is 1.41. The van der Waals surface area contributed by atoms with E-state index >= 15 is 0 Å². The summed E-state index contributed by atoms with van der Waals surface area (Å²) in [4.78, 5) is 15.8. The van der Waals surface area contributed by atoms with Crippen molar-refractivity contribution in [2.24, 2.45) is 11.1 Å². The standard InChI is InChI=1S/C25H27Cl2N5O/c1-14-3-4-16-12-25(22(28)18(16)11-14)6-9-32(10-7-25)24-19(13-33)31-21(15(2)30-24)17-5-8-29-23(27)20(17)26/h3-5,8,11,22,33H,6-7,9-10,12-13,28H2,1-2H3/t22-/m0/s1. The van der Waals surface area contributed by atoms with Crippen molar-refractivity contribution in [3.05, 3.63) is 68.7 Å². The van der Waals surface area contributed by atoms with Gasteiger partial charge < -0.3 is 15.7 Å². The van der Waals surface area contributed by atoms with Gasteiger partial charge in [0.25, 0.3) is 0 Å². The summed E-state index contributed by atoms with van der Waals surface area (Å²) in [6.07, 6.45) is 4.56. The molecule has 172 valence electrons. The topological polar surface area (TPSA) is 88.2 Å². The van der Waals surface area contributed by atoms with Crippen molar-refractivity contribution in [2.75, 3.05) is 18.0 Å². The van der Waals surface area contributed by atoms with Crippen LogP contribution < -0.4 is 10.6 Å². The minimum Gasteiger partial charge on any atom is -0.390 e. The van der Waals surface area contributed by atoms with Gasteiger partial charge >= 0.3 is 0 Å². The summed E-state index contributed by atoms with van der Waals surface area (Å²) in [7, 11) is 0. The van der Waals surface area contributed by atoms with Crippen molar-refractivity contribution < 1.29 is 5.11 Å². The van der Waals surface area contributed by atoms with E-state index in [1.165, 1.54) is 16.7 Å². The van der Waals surface area contributed by atoms with Crippen LogP contribution in [0.3, 0.4) is 0 Å². The number of halogens is 2. The minimum atomic E-state index is -0.210. The zero-order chi connectivity index (χ0) is 23.3. The molecule has 0 unspecified atom stereocenters. The van der Waals surface area contributed by atoms with Crippen LogP contribution in [-0.2, 0) is 13.0 Å². The average molecular weight is 484 g/mol. The van der Waals surface area contributed by atoms with Crippen LogP contribution in [0.5, 0.6) is 0 Å². The largest absolute Gasteiger partial charge is 0.390 e. The number of aliphatic hydroxyl groups is 1. The fraction of sp³-hybridized carbons (Fsp3) is 0.400. The summed E-state index contributed by atoms with van der Waals surface area (Å²) in [5, 5.41) is 10.7. The Morgan fingerprint density at radius 2 is 1.91 bits per heavy atom. The first-order valence-electron chi connectivity index (χ1n) is 11.2. The van der Waals surface area contributed by atoms with Gasteiger partial charge in [0.15, 0.2) is 5.82 Å². The van der Waals surface area contributed by atoms with Crippen LogP contribution >= 0.6 is 23.2 Å². The predicted molar refractivity (Wildman–Crippen MR) is 132 cm³/mol. The quantitative estimate of drug-likeness (QED) is 0.520. The summed E-state index contributed by atoms with van der Waals surface area (Å²) in [6.45, 7) is 5.45. The van der Waals surface area contributed by atoms with E-state index in [9.17, 15) is 5.11 Å². The van der Waals surface area contributed by atoms with Crippen LogP contribution in [0, 0.1) is 19.3 Å². The molecule has 6 nitrogen and oxygen atoms in total. The Hall–Kier alpha value is -2.25. The molecule has 0 bridgehead atoms. The highest BCUT2D eigenvalue weighted by atomic mass is 35.5. The van der Waals surface area contributed by atoms with E-state index in [0.717, 1.165) is 43.9 Å². The van der Waals surface area contributed by atoms with Gasteiger partial charge in [-0.15, -0.1) is 0 Å². The van der Waals surface area contributed by atoms with Gasteiger partial charge in [-0.05, 0) is 55.7 Å². The highest BCUT2D eigenvalue weighted by Gasteiger charge is 2.46. The molecule has 1 aliphatic heterocycles. The van der Waals surface area contributed by atoms with E-state index in [0.29, 0.717) is 22.0 Å². The second-order valence-corrected chi connectivity index (χ2v) is 9.99. The van der Waals surface area contributed by atoms with Crippen LogP contribution in [0.4, 0.5) is 5.82 Å². The van der Waals surface area contributed by atoms with E-state index in [1.807, 2.05) is 6.92 Å². The van der Waals surface area contributed by atoms with Crippen LogP contribution in [-0.4, -0.2) is 33.1 Å². The molecule has 5 rings (SSSR count). The fourth-order valence-corrected chi connectivity index (χ4v) is 5.75. The number of aliphatic hydroxyl groups excluding tert-OH is 1. The summed E-state index contributed by atoms with van der Waals surface area (Å²) in [5.41, 5.74) is 13.3. The van der Waals surface area contributed by atoms with Crippen molar-refractivity contribution in [1.82, 2.24) is 15.0 Å². The average Bonchev–Trinajstić information content (AvgIpc) is 3.07. The van der Waals surface area contributed by atoms with Gasteiger partial charge in [-0.2, -0.15) is 0 Å². The first-order chi connectivity index (χ1) is 15.8. The van der Waals surface area contributed by atoms with Gasteiger partial charge in [-0.3, -0.25) is 0 Å². The Kier molecular flexibility index (Phi) is 5.81. The lowest BCUT2D eigenvalue weighted by molar-refractivity contribution is 0.186. The number of nitrogens with zero attached hydrogens (tertiary/aromatic N) is 4. The second-order valence-electron chi connectivity index (χ2n) is 9.26. The number of hydrogen-bond donors (Lipinski definition) is 2. The number of benzene rings is 1. The maximum atomic E-state index is 10.1. The first kappa shape index (κ1) is 22.5. The molecule has 2 aromatic heterocycles. The molecule has 33 heavy (non-hydrogen) atoms. The molecule has 3 heterocycles. The van der Waals surface area contributed by atoms with E-state index in [2.05, 4.69) is 35.0 Å². The monoisotopic (exact) mass is 483 g/mol. The zero-order valence-electron chi connectivity index (χ0n) is 18.8. The van der Waals surface area contributed by atoms with Crippen molar-refractivity contribution >= 4 is 29.0 Å². The Morgan fingerprint density at radius 3 is 2.64 bits per heavy atom. The molecule has 1 fully saturated rings. The number of aryl methyl sites for hydroxylation is 2. The van der Waals surface area contributed by atoms with Crippen molar-refractivity contribution in [3.63, 3.8) is 0 Å². The van der Waals surface area contributed by atoms with E-state index < -0.39 is 0 Å². The molecule has 0 amide bonds. The van der Waals surface area contributed by atoms with E-state index in [4.69, 9.17) is 38.9 Å². The maximum Gasteiger partial charge on any atom is 0.153 e. The van der Waals surface area contributed by atoms with Crippen LogP contribution in [0.1, 0.15) is 47.0 Å². The van der Waals surface area contributed by atoms with Crippen molar-refractivity contribution in [3.8, 4) is 11.3 Å². The van der Waals surface area contributed by atoms with Crippen LogP contribution in [0.25, 0.3) is 11.3 Å². The summed E-state index contributed by atoms with van der Waals surface area (Å²) in [5.74, 6) is 0.727. The zero-order valence-corrected chi connectivity index (χ0v) is 20.3. The van der Waals surface area contributed by atoms with Crippen LogP contribution in [0.2, 0.25) is 10.2 Å². The lowest BCUT2D eigenvalue weighted by atomic mass is 9.73. The lowest BCUT2D eigenvalue weighted by Gasteiger charge is -2.43. The molecule has 2 aliphatic rings. The highest BCUT2D eigenvalue weighted by Crippen LogP contribution is 2.51. The smallest absolute Gasteiger partial charge is 0.153 e. The number of pyridine rings is 1. The third kappa shape index (κ3) is 3.79. The molecule has 0 saturated carbocycles. The summed E-state index contributed by atoms with van der Waals surface area (Å²) >= 11 is 12.5. The van der Waals surface area contributed by atoms with Gasteiger partial charge in [0.1, 0.15) is 10.8 Å². The molecule has 0 radical (unpaired) electrons. The molecule has 3 N–H and O–H groups in total. The summed E-state index contributed by atoms with van der Waals surface area (Å²) < 4.78 is 0. The Bertz CT molecular complexity index is 1220. The molecule has 8 heteroatoms. The minimum absolute atomic E-state index is 0.0561. The van der Waals surface area contributed by atoms with Gasteiger partial charge in [0.05, 0.1) is 23.0 Å². The van der Waals surface area contributed by atoms with E-state index in [-0.39, 0.29) is 23.2 Å². The highest BCUT2D eigenvalue weighted by molar-refractivity contribution is 6.42. The predicted octanol–water partition coefficient (Wildman–Crippen LogP) is 4.80. The summed E-state index contributed by atoms with van der Waals surface area (Å²) in [6, 6.07) is 8.47. The number of hydrogen-bond acceptors (Lipinski definition) is 6. The SMILES string of the molecule is Cc1ccc2c(c1)[C@H](N)C1(CCN(c3nc(C)c(-c4ccnc(Cl)c4Cl)nc3CO)CC1)C2. The van der Waals surface area contributed by atoms with Crippen LogP contribution in [0.15, 0.2) is 30.5 Å². The molecular formula is C25H27Cl2N5O. The molecular weight excluding hydrogens is 457 g/mol. The molecule has 1 spiro atoms. The van der Waals surface area contributed by atoms with Crippen molar-refractivity contribution in [1.29, 1.82) is 0 Å². The van der Waals surface area contributed by atoms with E-state index in [1.54, 1.807) is 12.3 Å². The van der Waals surface area contributed by atoms with Gasteiger partial charge in [-0.1, -0.05) is 47.0 Å². The second kappa shape index (κ2) is 8.51. The molecule has 1 aromatic carbocycles. The number of nitrogens with two attached hydrogens (primary N) is 1. The molecule has 1 atom stereocenters. The third-order valence-electron chi connectivity index (χ3n) is 7.27. The van der Waals surface area contributed by atoms with Gasteiger partial charge in [-0.25, -0.2) is 15.0 Å². The molecule has 1 saturated heterocycles. The number of rotatable bonds is 3. The maximum absolute atomic E-state index is 10.1. The van der Waals surface area contributed by atoms with Gasteiger partial charge in [0.2, 0.25) is 0 Å². The first-order valence-corrected chi connectivity index (χ1v) is 12.0. The molecule has 3 aromatic rings. The number of aromatic nitrogens is 3.